The Bertz CT molecular complexity index is 773. The van der Waals surface area contributed by atoms with E-state index in [1.807, 2.05) is 56.1 Å². The number of nitrogens with two attached hydrogens (primary N) is 1. The van der Waals surface area contributed by atoms with Gasteiger partial charge in [0.25, 0.3) is 5.91 Å². The Morgan fingerprint density at radius 2 is 1.77 bits per heavy atom. The zero-order valence-electron chi connectivity index (χ0n) is 18.5. The van der Waals surface area contributed by atoms with Crippen LogP contribution in [-0.2, 0) is 20.9 Å². The Hall–Kier alpha value is -3.07. The van der Waals surface area contributed by atoms with Gasteiger partial charge in [-0.3, -0.25) is 9.59 Å². The van der Waals surface area contributed by atoms with E-state index in [0.717, 1.165) is 31.7 Å². The summed E-state index contributed by atoms with van der Waals surface area (Å²) in [6.07, 6.45) is 1.26. The summed E-state index contributed by atoms with van der Waals surface area (Å²) in [4.78, 5) is 41.1. The number of alkyl carbamates (subject to hydrolysis) is 1. The molecule has 1 saturated heterocycles. The molecule has 0 unspecified atom stereocenters. The van der Waals surface area contributed by atoms with Crippen molar-refractivity contribution in [3.05, 3.63) is 47.8 Å². The highest BCUT2D eigenvalue weighted by molar-refractivity contribution is 5.98. The summed E-state index contributed by atoms with van der Waals surface area (Å²) < 4.78 is 5.23. The van der Waals surface area contributed by atoms with Crippen molar-refractivity contribution in [2.75, 3.05) is 33.2 Å². The molecule has 1 fully saturated rings. The summed E-state index contributed by atoms with van der Waals surface area (Å²) >= 11 is 0. The van der Waals surface area contributed by atoms with Gasteiger partial charge in [0.2, 0.25) is 5.91 Å². The predicted octanol–water partition coefficient (Wildman–Crippen LogP) is 1.02. The van der Waals surface area contributed by atoms with Crippen LogP contribution in [0.3, 0.4) is 0 Å². The van der Waals surface area contributed by atoms with Crippen LogP contribution < -0.4 is 16.4 Å². The van der Waals surface area contributed by atoms with Gasteiger partial charge < -0.3 is 30.9 Å². The topological polar surface area (TPSA) is 117 Å². The Morgan fingerprint density at radius 3 is 2.35 bits per heavy atom. The first kappa shape index (κ1) is 24.2. The zero-order valence-corrected chi connectivity index (χ0v) is 18.5. The fourth-order valence-corrected chi connectivity index (χ4v) is 3.12. The van der Waals surface area contributed by atoms with E-state index in [1.54, 1.807) is 6.20 Å². The molecule has 1 heterocycles. The lowest BCUT2D eigenvalue weighted by Gasteiger charge is -2.32. The number of nitrogens with one attached hydrogen (secondary N) is 2. The smallest absolute Gasteiger partial charge is 0.408 e. The van der Waals surface area contributed by atoms with Crippen LogP contribution in [0, 0.1) is 5.92 Å². The van der Waals surface area contributed by atoms with Crippen LogP contribution in [0.1, 0.15) is 25.8 Å². The Balaban J connectivity index is 1.99. The van der Waals surface area contributed by atoms with Gasteiger partial charge in [0.05, 0.1) is 0 Å². The molecule has 0 radical (unpaired) electrons. The average molecular weight is 432 g/mol. The van der Waals surface area contributed by atoms with E-state index in [-0.39, 0.29) is 18.2 Å². The van der Waals surface area contributed by atoms with Crippen LogP contribution in [0.5, 0.6) is 0 Å². The first-order valence-electron chi connectivity index (χ1n) is 10.5. The molecular weight excluding hydrogens is 398 g/mol. The van der Waals surface area contributed by atoms with E-state index >= 15 is 0 Å². The number of carbonyl (C=O) groups excluding carboxylic acids is 3. The summed E-state index contributed by atoms with van der Waals surface area (Å²) in [5, 5.41) is 5.18. The van der Waals surface area contributed by atoms with Crippen molar-refractivity contribution < 1.29 is 19.1 Å². The highest BCUT2D eigenvalue weighted by Gasteiger charge is 2.25. The highest BCUT2D eigenvalue weighted by Crippen LogP contribution is 2.08. The summed E-state index contributed by atoms with van der Waals surface area (Å²) in [6.45, 7) is 7.12. The number of ether oxygens (including phenoxy) is 1. The fourth-order valence-electron chi connectivity index (χ4n) is 3.12. The van der Waals surface area contributed by atoms with Crippen LogP contribution in [0.15, 0.2) is 42.2 Å². The van der Waals surface area contributed by atoms with E-state index in [1.165, 1.54) is 0 Å². The molecule has 0 spiro atoms. The number of rotatable bonds is 9. The van der Waals surface area contributed by atoms with Crippen molar-refractivity contribution in [3.63, 3.8) is 0 Å². The lowest BCUT2D eigenvalue weighted by molar-refractivity contribution is -0.124. The molecule has 0 aromatic heterocycles. The molecule has 1 aromatic rings. The molecule has 0 bridgehead atoms. The second-order valence-electron chi connectivity index (χ2n) is 8.12. The van der Waals surface area contributed by atoms with Crippen molar-refractivity contribution in [3.8, 4) is 0 Å². The largest absolute Gasteiger partial charge is 0.445 e. The number of hydrogen-bond donors (Lipinski definition) is 3. The minimum absolute atomic E-state index is 0.00256. The lowest BCUT2D eigenvalue weighted by Crippen LogP contribution is -2.49. The van der Waals surface area contributed by atoms with Crippen molar-refractivity contribution >= 4 is 17.9 Å². The third-order valence-electron chi connectivity index (χ3n) is 4.90. The third kappa shape index (κ3) is 8.67. The fraction of sp³-hybridized carbons (Fsp3) is 0.500. The number of primary amides is 1. The van der Waals surface area contributed by atoms with E-state index in [0.29, 0.717) is 6.42 Å². The molecule has 9 heteroatoms. The SMILES string of the molecule is CC(C)C[C@H](NC(=O)OCc1ccccc1)C(=O)N/C(=C/N1CCN(C)CC1)C(N)=O. The minimum atomic E-state index is -0.862. The van der Waals surface area contributed by atoms with E-state index in [2.05, 4.69) is 15.5 Å². The molecule has 0 aliphatic carbocycles. The second kappa shape index (κ2) is 11.9. The van der Waals surface area contributed by atoms with Crippen molar-refractivity contribution in [1.29, 1.82) is 0 Å². The molecular formula is C22H33N5O4. The van der Waals surface area contributed by atoms with Gasteiger partial charge in [-0.1, -0.05) is 44.2 Å². The summed E-state index contributed by atoms with van der Waals surface area (Å²) in [7, 11) is 2.02. The molecule has 1 aromatic carbocycles. The predicted molar refractivity (Wildman–Crippen MR) is 117 cm³/mol. The van der Waals surface area contributed by atoms with Crippen molar-refractivity contribution in [1.82, 2.24) is 20.4 Å². The molecule has 0 saturated carbocycles. The summed E-state index contributed by atoms with van der Waals surface area (Å²) in [5.74, 6) is -1.12. The van der Waals surface area contributed by atoms with Crippen molar-refractivity contribution in [2.24, 2.45) is 11.7 Å². The maximum Gasteiger partial charge on any atom is 0.408 e. The van der Waals surface area contributed by atoms with Gasteiger partial charge in [0, 0.05) is 32.4 Å². The van der Waals surface area contributed by atoms with Crippen LogP contribution in [0.25, 0.3) is 0 Å². The van der Waals surface area contributed by atoms with E-state index < -0.39 is 23.9 Å². The molecule has 2 rings (SSSR count). The number of carbonyl (C=O) groups is 3. The first-order chi connectivity index (χ1) is 14.7. The van der Waals surface area contributed by atoms with E-state index in [9.17, 15) is 14.4 Å². The van der Waals surface area contributed by atoms with Crippen LogP contribution in [0.2, 0.25) is 0 Å². The second-order valence-corrected chi connectivity index (χ2v) is 8.12. The van der Waals surface area contributed by atoms with Gasteiger partial charge >= 0.3 is 6.09 Å². The maximum atomic E-state index is 12.8. The van der Waals surface area contributed by atoms with Crippen LogP contribution >= 0.6 is 0 Å². The quantitative estimate of drug-likeness (QED) is 0.503. The standard InChI is InChI=1S/C22H33N5O4/c1-16(2)13-18(25-22(30)31-15-17-7-5-4-6-8-17)21(29)24-19(20(23)28)14-27-11-9-26(3)10-12-27/h4-8,14,16,18H,9-13,15H2,1-3H3,(H2,23,28)(H,24,29)(H,25,30)/b19-14+/t18-/m0/s1. The average Bonchev–Trinajstić information content (AvgIpc) is 2.73. The number of piperazine rings is 1. The number of hydrogen-bond acceptors (Lipinski definition) is 6. The van der Waals surface area contributed by atoms with Gasteiger partial charge in [-0.15, -0.1) is 0 Å². The van der Waals surface area contributed by atoms with Gasteiger partial charge in [-0.05, 0) is 24.9 Å². The van der Waals surface area contributed by atoms with Gasteiger partial charge in [-0.2, -0.15) is 0 Å². The minimum Gasteiger partial charge on any atom is -0.445 e. The number of amides is 3. The molecule has 4 N–H and O–H groups in total. The van der Waals surface area contributed by atoms with E-state index in [4.69, 9.17) is 10.5 Å². The number of nitrogens with zero attached hydrogens (tertiary/aromatic N) is 2. The molecule has 1 aliphatic heterocycles. The molecule has 3 amide bonds. The normalized spacial score (nSPS) is 16.0. The molecule has 1 atom stereocenters. The first-order valence-corrected chi connectivity index (χ1v) is 10.5. The number of likely N-dealkylation sites (N-methyl/N-ethyl adjacent to an activating group) is 1. The summed E-state index contributed by atoms with van der Waals surface area (Å²) in [6, 6.07) is 8.40. The zero-order chi connectivity index (χ0) is 22.8. The molecule has 170 valence electrons. The molecule has 1 aliphatic rings. The molecule has 31 heavy (non-hydrogen) atoms. The maximum absolute atomic E-state index is 12.8. The number of benzene rings is 1. The third-order valence-corrected chi connectivity index (χ3v) is 4.90. The Kier molecular flexibility index (Phi) is 9.33. The lowest BCUT2D eigenvalue weighted by atomic mass is 10.0. The Labute approximate surface area is 183 Å². The monoisotopic (exact) mass is 431 g/mol. The van der Waals surface area contributed by atoms with Gasteiger partial charge in [0.1, 0.15) is 18.3 Å². The van der Waals surface area contributed by atoms with Crippen LogP contribution in [-0.4, -0.2) is 67.0 Å². The van der Waals surface area contributed by atoms with Crippen LogP contribution in [0.4, 0.5) is 4.79 Å². The summed E-state index contributed by atoms with van der Waals surface area (Å²) in [5.41, 5.74) is 6.32. The van der Waals surface area contributed by atoms with Gasteiger partial charge in [-0.25, -0.2) is 4.79 Å². The molecule has 9 nitrogen and oxygen atoms in total. The van der Waals surface area contributed by atoms with Crippen molar-refractivity contribution in [2.45, 2.75) is 32.9 Å². The Morgan fingerprint density at radius 1 is 1.13 bits per heavy atom. The highest BCUT2D eigenvalue weighted by atomic mass is 16.5. The van der Waals surface area contributed by atoms with Gasteiger partial charge in [0.15, 0.2) is 0 Å².